The molecule has 0 bridgehead atoms. The Morgan fingerprint density at radius 3 is 2.20 bits per heavy atom. The predicted molar refractivity (Wildman–Crippen MR) is 91.4 cm³/mol. The van der Waals surface area contributed by atoms with Crippen molar-refractivity contribution in [2.24, 2.45) is 5.92 Å². The minimum absolute atomic E-state index is 0.0488. The summed E-state index contributed by atoms with van der Waals surface area (Å²) in [6.07, 6.45) is 3.65. The topological polar surface area (TPSA) is 23.6 Å². The van der Waals surface area contributed by atoms with Crippen LogP contribution in [-0.2, 0) is 0 Å². The first kappa shape index (κ1) is 17.2. The molecule has 4 heteroatoms. The minimum atomic E-state index is 0.0488. The van der Waals surface area contributed by atoms with Crippen molar-refractivity contribution in [3.8, 4) is 0 Å². The van der Waals surface area contributed by atoms with Gasteiger partial charge >= 0.3 is 0 Å². The summed E-state index contributed by atoms with van der Waals surface area (Å²) >= 11 is 5.24. The van der Waals surface area contributed by atoms with Crippen LogP contribution < -0.4 is 15.2 Å². The average molecular weight is 296 g/mol. The van der Waals surface area contributed by atoms with E-state index in [2.05, 4.69) is 37.5 Å². The summed E-state index contributed by atoms with van der Waals surface area (Å²) in [7, 11) is 2.05. The van der Waals surface area contributed by atoms with Crippen molar-refractivity contribution in [1.29, 1.82) is 0 Å². The van der Waals surface area contributed by atoms with Crippen LogP contribution in [-0.4, -0.2) is 26.7 Å². The van der Waals surface area contributed by atoms with Gasteiger partial charge in [0, 0.05) is 26.7 Å². The molecule has 0 aliphatic heterocycles. The standard InChI is InChI=1S/C16H28N2OS/c1-6-18(7-2)13-14(16(20)15(13)19)17(5)11-9-8-10-12(3)4/h12H,6-11H2,1-5H3. The predicted octanol–water partition coefficient (Wildman–Crippen LogP) is 3.76. The Balaban J connectivity index is 2.69. The first-order valence-electron chi connectivity index (χ1n) is 7.73. The van der Waals surface area contributed by atoms with Gasteiger partial charge in [-0.1, -0.05) is 38.9 Å². The van der Waals surface area contributed by atoms with Crippen LogP contribution in [0, 0.1) is 10.4 Å². The third kappa shape index (κ3) is 3.81. The van der Waals surface area contributed by atoms with Crippen LogP contribution in [0.4, 0.5) is 11.4 Å². The van der Waals surface area contributed by atoms with E-state index in [-0.39, 0.29) is 5.43 Å². The van der Waals surface area contributed by atoms with E-state index in [9.17, 15) is 4.79 Å². The molecule has 1 aromatic rings. The van der Waals surface area contributed by atoms with E-state index in [1.54, 1.807) is 0 Å². The number of anilines is 2. The lowest BCUT2D eigenvalue weighted by Gasteiger charge is -2.30. The van der Waals surface area contributed by atoms with Crippen LogP contribution in [0.25, 0.3) is 0 Å². The Kier molecular flexibility index (Phi) is 6.66. The van der Waals surface area contributed by atoms with Gasteiger partial charge in [0.15, 0.2) is 0 Å². The Labute approximate surface area is 128 Å². The zero-order chi connectivity index (χ0) is 15.3. The molecule has 0 spiro atoms. The van der Waals surface area contributed by atoms with Crippen LogP contribution in [0.5, 0.6) is 0 Å². The Morgan fingerprint density at radius 1 is 1.10 bits per heavy atom. The van der Waals surface area contributed by atoms with Gasteiger partial charge in [-0.05, 0) is 26.2 Å². The van der Waals surface area contributed by atoms with Crippen LogP contribution in [0.15, 0.2) is 4.79 Å². The Morgan fingerprint density at radius 2 is 1.70 bits per heavy atom. The third-order valence-electron chi connectivity index (χ3n) is 3.85. The van der Waals surface area contributed by atoms with Crippen molar-refractivity contribution in [3.63, 3.8) is 0 Å². The van der Waals surface area contributed by atoms with Gasteiger partial charge in [-0.3, -0.25) is 4.79 Å². The monoisotopic (exact) mass is 296 g/mol. The average Bonchev–Trinajstić information content (AvgIpc) is 2.42. The molecule has 0 aromatic heterocycles. The maximum absolute atomic E-state index is 12.0. The second-order valence-corrected chi connectivity index (χ2v) is 6.25. The molecule has 0 amide bonds. The van der Waals surface area contributed by atoms with Crippen molar-refractivity contribution in [2.45, 2.75) is 47.0 Å². The highest BCUT2D eigenvalue weighted by atomic mass is 32.1. The number of unbranched alkanes of at least 4 members (excludes halogenated alkanes) is 1. The van der Waals surface area contributed by atoms with E-state index in [0.29, 0.717) is 4.51 Å². The Bertz CT molecular complexity index is 485. The number of nitrogens with zero attached hydrogens (tertiary/aromatic N) is 2. The van der Waals surface area contributed by atoms with Crippen LogP contribution in [0.1, 0.15) is 47.0 Å². The van der Waals surface area contributed by atoms with E-state index >= 15 is 0 Å². The fraction of sp³-hybridized carbons (Fsp3) is 0.750. The zero-order valence-electron chi connectivity index (χ0n) is 13.5. The summed E-state index contributed by atoms with van der Waals surface area (Å²) in [6, 6.07) is 0. The van der Waals surface area contributed by atoms with Crippen LogP contribution in [0.3, 0.4) is 0 Å². The van der Waals surface area contributed by atoms with Gasteiger partial charge in [0.1, 0.15) is 10.2 Å². The van der Waals surface area contributed by atoms with Gasteiger partial charge in [0.05, 0.1) is 5.69 Å². The van der Waals surface area contributed by atoms with E-state index in [1.807, 2.05) is 7.05 Å². The van der Waals surface area contributed by atoms with E-state index in [1.165, 1.54) is 12.8 Å². The van der Waals surface area contributed by atoms with Gasteiger partial charge in [-0.2, -0.15) is 0 Å². The fourth-order valence-corrected chi connectivity index (χ4v) is 2.92. The quantitative estimate of drug-likeness (QED) is 0.511. The molecule has 0 aliphatic rings. The normalized spacial score (nSPS) is 11.3. The van der Waals surface area contributed by atoms with Crippen molar-refractivity contribution >= 4 is 23.6 Å². The lowest BCUT2D eigenvalue weighted by molar-refractivity contribution is 0.538. The SMILES string of the molecule is CCN(CC)c1c(N(C)CCCCC(C)C)c(=S)c1=O. The maximum Gasteiger partial charge on any atom is 0.224 e. The van der Waals surface area contributed by atoms with Gasteiger partial charge in [0.25, 0.3) is 0 Å². The van der Waals surface area contributed by atoms with Crippen LogP contribution in [0.2, 0.25) is 0 Å². The molecule has 0 unspecified atom stereocenters. The molecule has 1 aromatic carbocycles. The van der Waals surface area contributed by atoms with Crippen molar-refractivity contribution < 1.29 is 0 Å². The van der Waals surface area contributed by atoms with E-state index < -0.39 is 0 Å². The molecular weight excluding hydrogens is 268 g/mol. The molecule has 0 saturated carbocycles. The highest BCUT2D eigenvalue weighted by molar-refractivity contribution is 7.71. The zero-order valence-corrected chi connectivity index (χ0v) is 14.3. The van der Waals surface area contributed by atoms with Gasteiger partial charge < -0.3 is 9.80 Å². The molecule has 0 N–H and O–H groups in total. The van der Waals surface area contributed by atoms with Crippen molar-refractivity contribution in [3.05, 3.63) is 14.7 Å². The smallest absolute Gasteiger partial charge is 0.224 e. The number of rotatable bonds is 9. The van der Waals surface area contributed by atoms with Crippen molar-refractivity contribution in [1.82, 2.24) is 0 Å². The molecule has 0 fully saturated rings. The molecule has 1 rings (SSSR count). The summed E-state index contributed by atoms with van der Waals surface area (Å²) in [5.74, 6) is 0.761. The highest BCUT2D eigenvalue weighted by Crippen LogP contribution is 2.30. The summed E-state index contributed by atoms with van der Waals surface area (Å²) in [5.41, 5.74) is 1.86. The summed E-state index contributed by atoms with van der Waals surface area (Å²) in [5, 5.41) is 0. The molecule has 3 nitrogen and oxygen atoms in total. The van der Waals surface area contributed by atoms with Gasteiger partial charge in [0.2, 0.25) is 5.43 Å². The first-order valence-corrected chi connectivity index (χ1v) is 8.14. The number of hydrogen-bond acceptors (Lipinski definition) is 4. The van der Waals surface area contributed by atoms with Gasteiger partial charge in [-0.25, -0.2) is 0 Å². The second kappa shape index (κ2) is 7.77. The summed E-state index contributed by atoms with van der Waals surface area (Å²) in [6.45, 7) is 11.3. The maximum atomic E-state index is 12.0. The third-order valence-corrected chi connectivity index (χ3v) is 4.23. The lowest BCUT2D eigenvalue weighted by atomic mass is 10.1. The minimum Gasteiger partial charge on any atom is -0.372 e. The summed E-state index contributed by atoms with van der Waals surface area (Å²) < 4.78 is 0.512. The van der Waals surface area contributed by atoms with E-state index in [0.717, 1.165) is 43.3 Å². The molecule has 114 valence electrons. The molecule has 0 radical (unpaired) electrons. The molecule has 0 aliphatic carbocycles. The van der Waals surface area contributed by atoms with Crippen molar-refractivity contribution in [2.75, 3.05) is 36.5 Å². The molecule has 0 heterocycles. The first-order chi connectivity index (χ1) is 9.43. The lowest BCUT2D eigenvalue weighted by Crippen LogP contribution is -2.35. The van der Waals surface area contributed by atoms with E-state index in [4.69, 9.17) is 12.2 Å². The molecule has 0 saturated heterocycles. The second-order valence-electron chi connectivity index (χ2n) is 5.84. The fourth-order valence-electron chi connectivity index (χ4n) is 2.57. The largest absolute Gasteiger partial charge is 0.372 e. The molecule has 0 atom stereocenters. The van der Waals surface area contributed by atoms with Gasteiger partial charge in [-0.15, -0.1) is 0 Å². The Hall–Kier alpha value is -0.900. The molecular formula is C16H28N2OS. The summed E-state index contributed by atoms with van der Waals surface area (Å²) in [4.78, 5) is 16.3. The highest BCUT2D eigenvalue weighted by Gasteiger charge is 2.24. The van der Waals surface area contributed by atoms with Crippen LogP contribution >= 0.6 is 12.2 Å². The molecule has 20 heavy (non-hydrogen) atoms. The number of hydrogen-bond donors (Lipinski definition) is 0.